The first-order chi connectivity index (χ1) is 8.49. The summed E-state index contributed by atoms with van der Waals surface area (Å²) in [7, 11) is 0. The van der Waals surface area contributed by atoms with Crippen LogP contribution in [0.1, 0.15) is 21.5 Å². The number of nitrogens with zero attached hydrogens (tertiary/aromatic N) is 1. The topological polar surface area (TPSA) is 83.0 Å². The molecule has 5 nitrogen and oxygen atoms in total. The molecule has 0 radical (unpaired) electrons. The number of carboxylic acid groups (broad SMARTS) is 1. The first kappa shape index (κ1) is 12.0. The molecule has 0 aliphatic carbocycles. The van der Waals surface area contributed by atoms with E-state index in [0.29, 0.717) is 11.3 Å². The highest BCUT2D eigenvalue weighted by molar-refractivity contribution is 5.94. The van der Waals surface area contributed by atoms with Crippen molar-refractivity contribution in [3.05, 3.63) is 51.6 Å². The number of rotatable bonds is 2. The number of hydrogen-bond donors (Lipinski definition) is 2. The van der Waals surface area contributed by atoms with E-state index >= 15 is 0 Å². The van der Waals surface area contributed by atoms with E-state index in [1.807, 2.05) is 32.0 Å². The van der Waals surface area contributed by atoms with Gasteiger partial charge in [0.25, 0.3) is 0 Å². The van der Waals surface area contributed by atoms with Crippen LogP contribution in [0.25, 0.3) is 11.3 Å². The maximum Gasteiger partial charge on any atom is 0.345 e. The van der Waals surface area contributed by atoms with Crippen molar-refractivity contribution in [2.24, 2.45) is 0 Å². The third kappa shape index (κ3) is 2.15. The van der Waals surface area contributed by atoms with Crippen molar-refractivity contribution in [3.8, 4) is 11.3 Å². The molecular formula is C13H12N2O3. The van der Waals surface area contributed by atoms with Gasteiger partial charge in [-0.25, -0.2) is 14.6 Å². The molecule has 2 rings (SSSR count). The number of carbonyl (C=O) groups is 1. The number of aromatic amines is 1. The molecule has 0 atom stereocenters. The van der Waals surface area contributed by atoms with E-state index in [4.69, 9.17) is 5.11 Å². The van der Waals surface area contributed by atoms with Crippen molar-refractivity contribution in [3.63, 3.8) is 0 Å². The number of hydrogen-bond acceptors (Lipinski definition) is 3. The summed E-state index contributed by atoms with van der Waals surface area (Å²) in [5.41, 5.74) is 2.31. The Hall–Kier alpha value is -2.43. The minimum absolute atomic E-state index is 0.0108. The van der Waals surface area contributed by atoms with Crippen molar-refractivity contribution < 1.29 is 9.90 Å². The Morgan fingerprint density at radius 3 is 2.72 bits per heavy atom. The van der Waals surface area contributed by atoms with Gasteiger partial charge in [0.15, 0.2) is 0 Å². The second-order valence-corrected chi connectivity index (χ2v) is 4.10. The van der Waals surface area contributed by atoms with Crippen molar-refractivity contribution >= 4 is 5.97 Å². The average molecular weight is 244 g/mol. The highest BCUT2D eigenvalue weighted by Gasteiger charge is 2.15. The molecule has 0 amide bonds. The highest BCUT2D eigenvalue weighted by atomic mass is 16.4. The van der Waals surface area contributed by atoms with Gasteiger partial charge < -0.3 is 10.1 Å². The van der Waals surface area contributed by atoms with E-state index in [2.05, 4.69) is 9.97 Å². The normalized spacial score (nSPS) is 10.3. The van der Waals surface area contributed by atoms with Gasteiger partial charge in [-0.2, -0.15) is 0 Å². The number of aryl methyl sites for hydroxylation is 2. The van der Waals surface area contributed by atoms with Gasteiger partial charge in [-0.05, 0) is 25.5 Å². The number of H-pyrrole nitrogens is 1. The number of nitrogens with one attached hydrogen (secondary N) is 1. The Morgan fingerprint density at radius 2 is 2.06 bits per heavy atom. The number of aromatic carboxylic acids is 1. The van der Waals surface area contributed by atoms with E-state index in [0.717, 1.165) is 17.3 Å². The van der Waals surface area contributed by atoms with Crippen molar-refractivity contribution in [2.75, 3.05) is 0 Å². The molecule has 0 fully saturated rings. The lowest BCUT2D eigenvalue weighted by Crippen LogP contribution is -2.15. The standard InChI is InChI=1S/C13H12N2O3/c1-7-3-4-8(2)9(5-7)11-10(12(16)17)6-14-13(18)15-11/h3-6H,1-2H3,(H,16,17)(H,14,15,18). The lowest BCUT2D eigenvalue weighted by atomic mass is 10.00. The Labute approximate surface area is 103 Å². The maximum atomic E-state index is 11.3. The average Bonchev–Trinajstić information content (AvgIpc) is 2.31. The predicted molar refractivity (Wildman–Crippen MR) is 66.7 cm³/mol. The summed E-state index contributed by atoms with van der Waals surface area (Å²) in [6.45, 7) is 3.77. The molecule has 1 aromatic heterocycles. The molecule has 0 spiro atoms. The highest BCUT2D eigenvalue weighted by Crippen LogP contribution is 2.24. The fraction of sp³-hybridized carbons (Fsp3) is 0.154. The summed E-state index contributed by atoms with van der Waals surface area (Å²) in [6.07, 6.45) is 1.08. The summed E-state index contributed by atoms with van der Waals surface area (Å²) in [6, 6.07) is 5.65. The van der Waals surface area contributed by atoms with Crippen molar-refractivity contribution in [2.45, 2.75) is 13.8 Å². The Bertz CT molecular complexity index is 674. The van der Waals surface area contributed by atoms with E-state index in [1.54, 1.807) is 0 Å². The fourth-order valence-corrected chi connectivity index (χ4v) is 1.77. The first-order valence-electron chi connectivity index (χ1n) is 5.39. The van der Waals surface area contributed by atoms with Crippen LogP contribution in [0.4, 0.5) is 0 Å². The van der Waals surface area contributed by atoms with Crippen LogP contribution in [0.15, 0.2) is 29.2 Å². The fourth-order valence-electron chi connectivity index (χ4n) is 1.77. The van der Waals surface area contributed by atoms with Crippen molar-refractivity contribution in [1.82, 2.24) is 9.97 Å². The van der Waals surface area contributed by atoms with Gasteiger partial charge in [-0.1, -0.05) is 17.7 Å². The molecule has 1 heterocycles. The third-order valence-electron chi connectivity index (χ3n) is 2.70. The van der Waals surface area contributed by atoms with Crippen LogP contribution in [0, 0.1) is 13.8 Å². The van der Waals surface area contributed by atoms with Gasteiger partial charge in [0, 0.05) is 11.8 Å². The zero-order chi connectivity index (χ0) is 13.3. The molecular weight excluding hydrogens is 232 g/mol. The Balaban J connectivity index is 2.77. The van der Waals surface area contributed by atoms with Crippen molar-refractivity contribution in [1.29, 1.82) is 0 Å². The van der Waals surface area contributed by atoms with E-state index in [1.165, 1.54) is 0 Å². The second-order valence-electron chi connectivity index (χ2n) is 4.10. The van der Waals surface area contributed by atoms with E-state index < -0.39 is 11.7 Å². The van der Waals surface area contributed by atoms with E-state index in [-0.39, 0.29) is 5.56 Å². The first-order valence-corrected chi connectivity index (χ1v) is 5.39. The van der Waals surface area contributed by atoms with Crippen LogP contribution in [0.3, 0.4) is 0 Å². The van der Waals surface area contributed by atoms with Crippen LogP contribution in [-0.2, 0) is 0 Å². The minimum Gasteiger partial charge on any atom is -0.478 e. The zero-order valence-electron chi connectivity index (χ0n) is 10.0. The van der Waals surface area contributed by atoms with Gasteiger partial charge >= 0.3 is 11.7 Å². The van der Waals surface area contributed by atoms with Crippen LogP contribution >= 0.6 is 0 Å². The molecule has 0 unspecified atom stereocenters. The van der Waals surface area contributed by atoms with Crippen LogP contribution < -0.4 is 5.69 Å². The lowest BCUT2D eigenvalue weighted by molar-refractivity contribution is 0.0697. The largest absolute Gasteiger partial charge is 0.478 e. The van der Waals surface area contributed by atoms with Crippen LogP contribution in [0.2, 0.25) is 0 Å². The SMILES string of the molecule is Cc1ccc(C)c(-c2[nH]c(=O)ncc2C(=O)O)c1. The molecule has 2 N–H and O–H groups in total. The van der Waals surface area contributed by atoms with Gasteiger partial charge in [-0.15, -0.1) is 0 Å². The summed E-state index contributed by atoms with van der Waals surface area (Å²) in [4.78, 5) is 28.4. The Morgan fingerprint density at radius 1 is 1.33 bits per heavy atom. The molecule has 0 aliphatic heterocycles. The summed E-state index contributed by atoms with van der Waals surface area (Å²) >= 11 is 0. The second kappa shape index (κ2) is 4.44. The smallest absolute Gasteiger partial charge is 0.345 e. The van der Waals surface area contributed by atoms with Gasteiger partial charge in [-0.3, -0.25) is 0 Å². The quantitative estimate of drug-likeness (QED) is 0.843. The monoisotopic (exact) mass is 244 g/mol. The molecule has 18 heavy (non-hydrogen) atoms. The zero-order valence-corrected chi connectivity index (χ0v) is 10.0. The molecule has 1 aromatic carbocycles. The number of aromatic nitrogens is 2. The molecule has 92 valence electrons. The molecule has 2 aromatic rings. The molecule has 0 bridgehead atoms. The minimum atomic E-state index is -1.12. The summed E-state index contributed by atoms with van der Waals surface area (Å²) in [5.74, 6) is -1.12. The van der Waals surface area contributed by atoms with Crippen LogP contribution in [0.5, 0.6) is 0 Å². The lowest BCUT2D eigenvalue weighted by Gasteiger charge is -2.09. The van der Waals surface area contributed by atoms with E-state index in [9.17, 15) is 9.59 Å². The van der Waals surface area contributed by atoms with Gasteiger partial charge in [0.05, 0.1) is 5.69 Å². The number of carboxylic acids is 1. The molecule has 5 heteroatoms. The Kier molecular flexibility index (Phi) is 2.97. The summed E-state index contributed by atoms with van der Waals surface area (Å²) < 4.78 is 0. The third-order valence-corrected chi connectivity index (χ3v) is 2.70. The van der Waals surface area contributed by atoms with Crippen LogP contribution in [-0.4, -0.2) is 21.0 Å². The summed E-state index contributed by atoms with van der Waals surface area (Å²) in [5, 5.41) is 9.12. The molecule has 0 saturated heterocycles. The van der Waals surface area contributed by atoms with Gasteiger partial charge in [0.1, 0.15) is 5.56 Å². The van der Waals surface area contributed by atoms with Gasteiger partial charge in [0.2, 0.25) is 0 Å². The predicted octanol–water partition coefficient (Wildman–Crippen LogP) is 1.75. The molecule has 0 aliphatic rings. The maximum absolute atomic E-state index is 11.3. The number of benzene rings is 1. The molecule has 0 saturated carbocycles.